The van der Waals surface area contributed by atoms with Gasteiger partial charge in [-0.3, -0.25) is 4.90 Å². The maximum Gasteiger partial charge on any atom is 0.126 e. The highest BCUT2D eigenvalue weighted by Crippen LogP contribution is 2.28. The second kappa shape index (κ2) is 6.55. The molecule has 2 aliphatic rings. The first kappa shape index (κ1) is 13.8. The third kappa shape index (κ3) is 3.30. The minimum atomic E-state index is -0.249. The highest BCUT2D eigenvalue weighted by atomic mass is 19.1. The Kier molecular flexibility index (Phi) is 4.53. The van der Waals surface area contributed by atoms with Crippen molar-refractivity contribution < 1.29 is 13.9 Å². The number of rotatable bonds is 4. The van der Waals surface area contributed by atoms with E-state index in [9.17, 15) is 4.39 Å². The van der Waals surface area contributed by atoms with Crippen molar-refractivity contribution in [2.75, 3.05) is 26.3 Å². The molecule has 0 unspecified atom stereocenters. The highest BCUT2D eigenvalue weighted by molar-refractivity contribution is 5.22. The Morgan fingerprint density at radius 3 is 3.10 bits per heavy atom. The molecule has 1 saturated heterocycles. The lowest BCUT2D eigenvalue weighted by Crippen LogP contribution is -2.53. The third-order valence-corrected chi connectivity index (χ3v) is 4.29. The first-order valence-corrected chi connectivity index (χ1v) is 7.57. The van der Waals surface area contributed by atoms with Crippen LogP contribution in [-0.2, 0) is 4.74 Å². The maximum absolute atomic E-state index is 13.1. The zero-order chi connectivity index (χ0) is 13.8. The van der Waals surface area contributed by atoms with Gasteiger partial charge in [0.2, 0.25) is 0 Å². The lowest BCUT2D eigenvalue weighted by Gasteiger charge is -2.43. The summed E-state index contributed by atoms with van der Waals surface area (Å²) >= 11 is 0. The van der Waals surface area contributed by atoms with Crippen molar-refractivity contribution in [3.63, 3.8) is 0 Å². The molecule has 1 aliphatic heterocycles. The predicted octanol–water partition coefficient (Wildman–Crippen LogP) is 2.85. The largest absolute Gasteiger partial charge is 0.492 e. The smallest absolute Gasteiger partial charge is 0.126 e. The third-order valence-electron chi connectivity index (χ3n) is 4.29. The minimum absolute atomic E-state index is 0.249. The fraction of sp³-hybridized carbons (Fsp3) is 0.625. The molecule has 0 radical (unpaired) electrons. The highest BCUT2D eigenvalue weighted by Gasteiger charge is 2.33. The second-order valence-corrected chi connectivity index (χ2v) is 5.60. The molecule has 0 spiro atoms. The summed E-state index contributed by atoms with van der Waals surface area (Å²) in [5, 5.41) is 0. The predicted molar refractivity (Wildman–Crippen MR) is 75.5 cm³/mol. The van der Waals surface area contributed by atoms with Crippen LogP contribution in [0.3, 0.4) is 0 Å². The SMILES string of the molecule is Fc1cccc(OCCN2CCO[C@@H]3CCCC[C@H]32)c1. The van der Waals surface area contributed by atoms with Crippen LogP contribution in [0.4, 0.5) is 4.39 Å². The van der Waals surface area contributed by atoms with Gasteiger partial charge >= 0.3 is 0 Å². The lowest BCUT2D eigenvalue weighted by molar-refractivity contribution is -0.0901. The van der Waals surface area contributed by atoms with Gasteiger partial charge in [0.05, 0.1) is 12.7 Å². The quantitative estimate of drug-likeness (QED) is 0.846. The van der Waals surface area contributed by atoms with Crippen molar-refractivity contribution in [3.8, 4) is 5.75 Å². The van der Waals surface area contributed by atoms with Crippen LogP contribution in [0, 0.1) is 5.82 Å². The van der Waals surface area contributed by atoms with E-state index in [4.69, 9.17) is 9.47 Å². The molecule has 110 valence electrons. The van der Waals surface area contributed by atoms with Gasteiger partial charge in [0.25, 0.3) is 0 Å². The van der Waals surface area contributed by atoms with Gasteiger partial charge in [-0.2, -0.15) is 0 Å². The van der Waals surface area contributed by atoms with E-state index in [0.717, 1.165) is 19.7 Å². The van der Waals surface area contributed by atoms with E-state index < -0.39 is 0 Å². The van der Waals surface area contributed by atoms with Crippen LogP contribution >= 0.6 is 0 Å². The van der Waals surface area contributed by atoms with Crippen LogP contribution in [0.25, 0.3) is 0 Å². The average Bonchev–Trinajstić information content (AvgIpc) is 2.48. The molecule has 0 amide bonds. The number of hydrogen-bond acceptors (Lipinski definition) is 3. The topological polar surface area (TPSA) is 21.7 Å². The molecule has 4 heteroatoms. The van der Waals surface area contributed by atoms with Crippen LogP contribution < -0.4 is 4.74 Å². The first-order chi connectivity index (χ1) is 9.83. The van der Waals surface area contributed by atoms with Crippen molar-refractivity contribution in [2.24, 2.45) is 0 Å². The minimum Gasteiger partial charge on any atom is -0.492 e. The van der Waals surface area contributed by atoms with Gasteiger partial charge in [0, 0.05) is 25.2 Å². The Hall–Kier alpha value is -1.13. The molecule has 1 aromatic carbocycles. The van der Waals surface area contributed by atoms with Crippen molar-refractivity contribution in [2.45, 2.75) is 37.8 Å². The molecule has 20 heavy (non-hydrogen) atoms. The summed E-state index contributed by atoms with van der Waals surface area (Å²) in [6.07, 6.45) is 5.41. The average molecular weight is 279 g/mol. The van der Waals surface area contributed by atoms with Crippen molar-refractivity contribution >= 4 is 0 Å². The Morgan fingerprint density at radius 1 is 1.30 bits per heavy atom. The Morgan fingerprint density at radius 2 is 2.20 bits per heavy atom. The van der Waals surface area contributed by atoms with E-state index >= 15 is 0 Å². The molecular formula is C16H22FNO2. The van der Waals surface area contributed by atoms with Gasteiger partial charge in [-0.05, 0) is 25.0 Å². The van der Waals surface area contributed by atoms with Crippen LogP contribution in [-0.4, -0.2) is 43.3 Å². The molecule has 0 N–H and O–H groups in total. The molecule has 2 fully saturated rings. The summed E-state index contributed by atoms with van der Waals surface area (Å²) in [6, 6.07) is 6.89. The molecule has 1 heterocycles. The number of hydrogen-bond donors (Lipinski definition) is 0. The number of nitrogens with zero attached hydrogens (tertiary/aromatic N) is 1. The van der Waals surface area contributed by atoms with Crippen LogP contribution in [0.2, 0.25) is 0 Å². The van der Waals surface area contributed by atoms with Crippen molar-refractivity contribution in [1.29, 1.82) is 0 Å². The Bertz CT molecular complexity index is 438. The van der Waals surface area contributed by atoms with Crippen LogP contribution in [0.1, 0.15) is 25.7 Å². The van der Waals surface area contributed by atoms with Crippen molar-refractivity contribution in [1.82, 2.24) is 4.90 Å². The molecule has 3 rings (SSSR count). The summed E-state index contributed by atoms with van der Waals surface area (Å²) < 4.78 is 24.6. The van der Waals surface area contributed by atoms with Gasteiger partial charge in [0.15, 0.2) is 0 Å². The maximum atomic E-state index is 13.1. The molecule has 1 aliphatic carbocycles. The fourth-order valence-corrected chi connectivity index (χ4v) is 3.29. The second-order valence-electron chi connectivity index (χ2n) is 5.60. The summed E-state index contributed by atoms with van der Waals surface area (Å²) in [4.78, 5) is 2.48. The zero-order valence-corrected chi connectivity index (χ0v) is 11.8. The van der Waals surface area contributed by atoms with E-state index in [1.165, 1.54) is 37.8 Å². The molecule has 2 atom stereocenters. The van der Waals surface area contributed by atoms with Crippen LogP contribution in [0.5, 0.6) is 5.75 Å². The summed E-state index contributed by atoms with van der Waals surface area (Å²) in [5.74, 6) is 0.361. The number of morpholine rings is 1. The summed E-state index contributed by atoms with van der Waals surface area (Å²) in [6.45, 7) is 3.29. The van der Waals surface area contributed by atoms with Crippen LogP contribution in [0.15, 0.2) is 24.3 Å². The molecule has 3 nitrogen and oxygen atoms in total. The number of benzene rings is 1. The van der Waals surface area contributed by atoms with Gasteiger partial charge in [-0.25, -0.2) is 4.39 Å². The molecule has 0 aromatic heterocycles. The van der Waals surface area contributed by atoms with Gasteiger partial charge in [-0.15, -0.1) is 0 Å². The normalized spacial score (nSPS) is 27.1. The summed E-state index contributed by atoms with van der Waals surface area (Å²) in [7, 11) is 0. The standard InChI is InChI=1S/C16H22FNO2/c17-13-4-3-5-14(12-13)19-10-8-18-9-11-20-16-7-2-1-6-15(16)18/h3-5,12,15-16H,1-2,6-11H2/t15-,16-/m1/s1. The first-order valence-electron chi connectivity index (χ1n) is 7.57. The van der Waals surface area contributed by atoms with E-state index in [0.29, 0.717) is 24.5 Å². The number of ether oxygens (including phenoxy) is 2. The van der Waals surface area contributed by atoms with E-state index in [-0.39, 0.29) is 5.82 Å². The number of halogens is 1. The van der Waals surface area contributed by atoms with Gasteiger partial charge in [0.1, 0.15) is 18.2 Å². The molecular weight excluding hydrogens is 257 g/mol. The molecule has 1 aromatic rings. The van der Waals surface area contributed by atoms with E-state index in [2.05, 4.69) is 4.90 Å². The van der Waals surface area contributed by atoms with Gasteiger partial charge < -0.3 is 9.47 Å². The lowest BCUT2D eigenvalue weighted by atomic mass is 9.90. The molecule has 1 saturated carbocycles. The Balaban J connectivity index is 1.50. The molecule has 0 bridgehead atoms. The summed E-state index contributed by atoms with van der Waals surface area (Å²) in [5.41, 5.74) is 0. The van der Waals surface area contributed by atoms with Crippen molar-refractivity contribution in [3.05, 3.63) is 30.1 Å². The zero-order valence-electron chi connectivity index (χ0n) is 11.8. The van der Waals surface area contributed by atoms with E-state index in [1.807, 2.05) is 0 Å². The fourth-order valence-electron chi connectivity index (χ4n) is 3.29. The number of fused-ring (bicyclic) bond motifs is 1. The van der Waals surface area contributed by atoms with E-state index in [1.54, 1.807) is 12.1 Å². The van der Waals surface area contributed by atoms with Gasteiger partial charge in [-0.1, -0.05) is 18.9 Å². The monoisotopic (exact) mass is 279 g/mol. The Labute approximate surface area is 119 Å².